The van der Waals surface area contributed by atoms with Gasteiger partial charge in [-0.15, -0.1) is 11.3 Å². The molecule has 0 fully saturated rings. The molecule has 0 spiro atoms. The van der Waals surface area contributed by atoms with Crippen molar-refractivity contribution in [1.82, 2.24) is 4.98 Å². The van der Waals surface area contributed by atoms with E-state index in [0.29, 0.717) is 5.56 Å². The Balaban J connectivity index is 1.89. The van der Waals surface area contributed by atoms with Crippen molar-refractivity contribution < 1.29 is 14.3 Å². The first-order valence-corrected chi connectivity index (χ1v) is 9.63. The molecule has 136 valence electrons. The minimum absolute atomic E-state index is 0.428. The molecule has 0 unspecified atom stereocenters. The number of primary amides is 1. The van der Waals surface area contributed by atoms with Gasteiger partial charge in [0.15, 0.2) is 6.61 Å². The Morgan fingerprint density at radius 1 is 1.19 bits per heavy atom. The van der Waals surface area contributed by atoms with Crippen molar-refractivity contribution in [1.29, 1.82) is 0 Å². The van der Waals surface area contributed by atoms with Crippen molar-refractivity contribution in [2.45, 2.75) is 19.3 Å². The van der Waals surface area contributed by atoms with Gasteiger partial charge in [0, 0.05) is 10.3 Å². The second kappa shape index (κ2) is 7.32. The lowest BCUT2D eigenvalue weighted by atomic mass is 9.86. The van der Waals surface area contributed by atoms with Crippen LogP contribution in [-0.4, -0.2) is 23.5 Å². The number of hydrogen-bond donors (Lipinski definition) is 1. The summed E-state index contributed by atoms with van der Waals surface area (Å²) in [5.74, 6) is -1.20. The minimum atomic E-state index is -0.672. The van der Waals surface area contributed by atoms with E-state index in [1.165, 1.54) is 0 Å². The fraction of sp³-hybridized carbons (Fsp3) is 0.190. The molecule has 1 aliphatic carbocycles. The third-order valence-electron chi connectivity index (χ3n) is 4.58. The van der Waals surface area contributed by atoms with Crippen LogP contribution in [0, 0.1) is 0 Å². The van der Waals surface area contributed by atoms with Gasteiger partial charge in [-0.05, 0) is 54.0 Å². The first-order valence-electron chi connectivity index (χ1n) is 8.75. The molecule has 4 rings (SSSR count). The number of benzene rings is 1. The Labute approximate surface area is 160 Å². The van der Waals surface area contributed by atoms with Crippen LogP contribution in [0.25, 0.3) is 22.6 Å². The number of aromatic nitrogens is 1. The number of carbonyl (C=O) groups is 2. The van der Waals surface area contributed by atoms with Crippen molar-refractivity contribution in [3.8, 4) is 0 Å². The van der Waals surface area contributed by atoms with E-state index in [-0.39, 0.29) is 0 Å². The summed E-state index contributed by atoms with van der Waals surface area (Å²) in [5, 5.41) is 2.78. The normalized spacial score (nSPS) is 14.9. The topological polar surface area (TPSA) is 82.3 Å². The molecular weight excluding hydrogens is 360 g/mol. The molecule has 0 radical (unpaired) electrons. The molecular formula is C21H18N2O3S. The lowest BCUT2D eigenvalue weighted by Gasteiger charge is -2.22. The summed E-state index contributed by atoms with van der Waals surface area (Å²) in [6, 6.07) is 11.6. The molecule has 2 heterocycles. The summed E-state index contributed by atoms with van der Waals surface area (Å²) < 4.78 is 5.15. The number of hydrogen-bond acceptors (Lipinski definition) is 5. The van der Waals surface area contributed by atoms with Gasteiger partial charge >= 0.3 is 5.97 Å². The largest absolute Gasteiger partial charge is 0.452 e. The molecule has 1 aromatic carbocycles. The predicted octanol–water partition coefficient (Wildman–Crippen LogP) is 3.82. The van der Waals surface area contributed by atoms with E-state index in [1.807, 2.05) is 35.7 Å². The number of carbonyl (C=O) groups excluding carboxylic acids is 2. The highest BCUT2D eigenvalue weighted by molar-refractivity contribution is 7.10. The number of para-hydroxylation sites is 1. The van der Waals surface area contributed by atoms with Crippen molar-refractivity contribution in [2.24, 2.45) is 5.73 Å². The van der Waals surface area contributed by atoms with Crippen LogP contribution in [0.15, 0.2) is 41.8 Å². The number of allylic oxidation sites excluding steroid dienone is 1. The first-order chi connectivity index (χ1) is 13.1. The van der Waals surface area contributed by atoms with Gasteiger partial charge in [-0.1, -0.05) is 24.3 Å². The summed E-state index contributed by atoms with van der Waals surface area (Å²) in [6.45, 7) is -0.428. The molecule has 2 aromatic heterocycles. The van der Waals surface area contributed by atoms with E-state index >= 15 is 0 Å². The molecule has 27 heavy (non-hydrogen) atoms. The van der Waals surface area contributed by atoms with Crippen LogP contribution in [0.4, 0.5) is 0 Å². The average Bonchev–Trinajstić information content (AvgIpc) is 3.18. The molecule has 0 bridgehead atoms. The van der Waals surface area contributed by atoms with E-state index in [0.717, 1.165) is 51.9 Å². The molecule has 0 aliphatic heterocycles. The molecule has 1 aliphatic rings. The van der Waals surface area contributed by atoms with Gasteiger partial charge in [-0.25, -0.2) is 9.78 Å². The quantitative estimate of drug-likeness (QED) is 0.700. The summed E-state index contributed by atoms with van der Waals surface area (Å²) in [4.78, 5) is 29.8. The first kappa shape index (κ1) is 17.4. The lowest BCUT2D eigenvalue weighted by molar-refractivity contribution is -0.121. The number of nitrogens with two attached hydrogens (primary N) is 1. The predicted molar refractivity (Wildman–Crippen MR) is 106 cm³/mol. The molecule has 5 nitrogen and oxygen atoms in total. The maximum absolute atomic E-state index is 12.8. The zero-order chi connectivity index (χ0) is 18.8. The van der Waals surface area contributed by atoms with Gasteiger partial charge < -0.3 is 10.5 Å². The number of amides is 1. The van der Waals surface area contributed by atoms with E-state index in [9.17, 15) is 9.59 Å². The highest BCUT2D eigenvalue weighted by atomic mass is 32.1. The molecule has 2 N–H and O–H groups in total. The monoisotopic (exact) mass is 378 g/mol. The standard InChI is InChI=1S/C21H18N2O3S/c22-18(24)12-26-21(25)19-15-7-1-2-9-17(15)23-20-13(5-3-8-16(19)20)11-14-6-4-10-27-14/h1-2,4,6-7,9-11H,3,5,8,12H2,(H2,22,24)/b13-11-. The van der Waals surface area contributed by atoms with E-state index < -0.39 is 18.5 Å². The summed E-state index contributed by atoms with van der Waals surface area (Å²) in [7, 11) is 0. The van der Waals surface area contributed by atoms with Gasteiger partial charge in [0.05, 0.1) is 16.8 Å². The van der Waals surface area contributed by atoms with Crippen LogP contribution in [0.2, 0.25) is 0 Å². The Kier molecular flexibility index (Phi) is 4.73. The van der Waals surface area contributed by atoms with E-state index in [2.05, 4.69) is 12.1 Å². The number of nitrogens with zero attached hydrogens (tertiary/aromatic N) is 1. The molecule has 6 heteroatoms. The average molecular weight is 378 g/mol. The van der Waals surface area contributed by atoms with E-state index in [4.69, 9.17) is 15.5 Å². The van der Waals surface area contributed by atoms with Gasteiger partial charge in [0.2, 0.25) is 0 Å². The van der Waals surface area contributed by atoms with Crippen molar-refractivity contribution in [3.63, 3.8) is 0 Å². The third-order valence-corrected chi connectivity index (χ3v) is 5.40. The van der Waals surface area contributed by atoms with Crippen molar-refractivity contribution in [3.05, 3.63) is 63.5 Å². The number of fused-ring (bicyclic) bond motifs is 2. The van der Waals surface area contributed by atoms with Gasteiger partial charge in [-0.2, -0.15) is 0 Å². The maximum atomic E-state index is 12.8. The number of thiophene rings is 1. The zero-order valence-corrected chi connectivity index (χ0v) is 15.4. The summed E-state index contributed by atoms with van der Waals surface area (Å²) >= 11 is 1.67. The minimum Gasteiger partial charge on any atom is -0.452 e. The summed E-state index contributed by atoms with van der Waals surface area (Å²) in [5.41, 5.74) is 9.21. The SMILES string of the molecule is NC(=O)COC(=O)c1c2c(nc3ccccc13)/C(=C\c1cccs1)CCC2. The molecule has 0 atom stereocenters. The Morgan fingerprint density at radius 3 is 2.81 bits per heavy atom. The molecule has 0 saturated heterocycles. The fourth-order valence-corrected chi connectivity index (χ4v) is 4.14. The Morgan fingerprint density at radius 2 is 2.04 bits per heavy atom. The fourth-order valence-electron chi connectivity index (χ4n) is 3.46. The van der Waals surface area contributed by atoms with Crippen molar-refractivity contribution >= 4 is 45.8 Å². The van der Waals surface area contributed by atoms with Crippen LogP contribution < -0.4 is 5.73 Å². The summed E-state index contributed by atoms with van der Waals surface area (Å²) in [6.07, 6.45) is 4.73. The van der Waals surface area contributed by atoms with Crippen LogP contribution in [-0.2, 0) is 16.0 Å². The third kappa shape index (κ3) is 3.48. The number of pyridine rings is 1. The van der Waals surface area contributed by atoms with Crippen LogP contribution in [0.1, 0.15) is 39.3 Å². The molecule has 3 aromatic rings. The second-order valence-electron chi connectivity index (χ2n) is 6.41. The van der Waals surface area contributed by atoms with Crippen LogP contribution >= 0.6 is 11.3 Å². The van der Waals surface area contributed by atoms with Crippen LogP contribution in [0.5, 0.6) is 0 Å². The van der Waals surface area contributed by atoms with Gasteiger partial charge in [0.1, 0.15) is 0 Å². The van der Waals surface area contributed by atoms with E-state index in [1.54, 1.807) is 11.3 Å². The Hall–Kier alpha value is -2.99. The van der Waals surface area contributed by atoms with Crippen LogP contribution in [0.3, 0.4) is 0 Å². The van der Waals surface area contributed by atoms with Gasteiger partial charge in [-0.3, -0.25) is 4.79 Å². The maximum Gasteiger partial charge on any atom is 0.339 e. The zero-order valence-electron chi connectivity index (χ0n) is 14.6. The van der Waals surface area contributed by atoms with Crippen molar-refractivity contribution in [2.75, 3.05) is 6.61 Å². The number of ether oxygens (including phenoxy) is 1. The Bertz CT molecular complexity index is 1050. The van der Waals surface area contributed by atoms with Gasteiger partial charge in [0.25, 0.3) is 5.91 Å². The lowest BCUT2D eigenvalue weighted by Crippen LogP contribution is -2.22. The second-order valence-corrected chi connectivity index (χ2v) is 7.39. The number of esters is 1. The highest BCUT2D eigenvalue weighted by Crippen LogP contribution is 2.36. The molecule has 0 saturated carbocycles. The highest BCUT2D eigenvalue weighted by Gasteiger charge is 2.26. The smallest absolute Gasteiger partial charge is 0.339 e. The molecule has 1 amide bonds. The number of rotatable bonds is 4.